The van der Waals surface area contributed by atoms with Crippen molar-refractivity contribution in [2.75, 3.05) is 6.61 Å². The van der Waals surface area contributed by atoms with Gasteiger partial charge in [0, 0.05) is 0 Å². The zero-order valence-corrected chi connectivity index (χ0v) is 24.7. The summed E-state index contributed by atoms with van der Waals surface area (Å²) < 4.78 is 28.7. The summed E-state index contributed by atoms with van der Waals surface area (Å²) >= 11 is 0. The molecule has 1 N–H and O–H groups in total. The van der Waals surface area contributed by atoms with Crippen LogP contribution >= 0.6 is 0 Å². The molecule has 0 aromatic carbocycles. The maximum absolute atomic E-state index is 13.0. The Labute approximate surface area is 225 Å². The third-order valence-electron chi connectivity index (χ3n) is 5.39. The molecule has 11 heteroatoms. The molecule has 1 radical (unpaired) electrons. The summed E-state index contributed by atoms with van der Waals surface area (Å²) in [5.74, 6) is -2.58. The molecule has 5 atom stereocenters. The van der Waals surface area contributed by atoms with Crippen molar-refractivity contribution < 1.29 is 47.7 Å². The first-order valence-electron chi connectivity index (χ1n) is 12.6. The monoisotopic (exact) mass is 542 g/mol. The average molecular weight is 543 g/mol. The molecule has 1 saturated heterocycles. The Morgan fingerprint density at radius 2 is 1.00 bits per heavy atom. The summed E-state index contributed by atoms with van der Waals surface area (Å²) in [6, 6.07) is 0. The summed E-state index contributed by atoms with van der Waals surface area (Å²) in [5, 5.41) is 2.31. The molecular formula is C27H44NO10. The molecule has 0 spiro atoms. The molecule has 11 nitrogen and oxygen atoms in total. The van der Waals surface area contributed by atoms with Crippen LogP contribution in [0.15, 0.2) is 0 Å². The Morgan fingerprint density at radius 3 is 1.37 bits per heavy atom. The van der Waals surface area contributed by atoms with Gasteiger partial charge in [-0.15, -0.1) is 0 Å². The van der Waals surface area contributed by atoms with Crippen molar-refractivity contribution >= 4 is 30.3 Å². The lowest BCUT2D eigenvalue weighted by Crippen LogP contribution is -2.66. The summed E-state index contributed by atoms with van der Waals surface area (Å²) in [6.07, 6.45) is -5.25. The van der Waals surface area contributed by atoms with Gasteiger partial charge in [-0.05, 0) is 83.1 Å². The van der Waals surface area contributed by atoms with Gasteiger partial charge in [0.25, 0.3) is 0 Å². The van der Waals surface area contributed by atoms with E-state index in [9.17, 15) is 24.0 Å². The number of ether oxygens (including phenoxy) is 5. The van der Waals surface area contributed by atoms with Gasteiger partial charge in [0.2, 0.25) is 0 Å². The number of hydrogen-bond acceptors (Lipinski definition) is 10. The Morgan fingerprint density at radius 1 is 0.632 bits per heavy atom. The number of carbonyl (C=O) groups excluding carboxylic acids is 5. The van der Waals surface area contributed by atoms with Crippen molar-refractivity contribution in [3.05, 3.63) is 0 Å². The Kier molecular flexibility index (Phi) is 10.5. The smallest absolute Gasteiger partial charge is 0.311 e. The average Bonchev–Trinajstić information content (AvgIpc) is 2.73. The van der Waals surface area contributed by atoms with Crippen LogP contribution in [0, 0.1) is 21.7 Å². The minimum absolute atomic E-state index is 0.404. The van der Waals surface area contributed by atoms with Crippen LogP contribution in [0.25, 0.3) is 0 Å². The van der Waals surface area contributed by atoms with Crippen molar-refractivity contribution in [1.29, 1.82) is 0 Å². The highest BCUT2D eigenvalue weighted by Crippen LogP contribution is 2.33. The lowest BCUT2D eigenvalue weighted by atomic mass is 9.92. The van der Waals surface area contributed by atoms with Gasteiger partial charge in [0.1, 0.15) is 12.7 Å². The van der Waals surface area contributed by atoms with Crippen molar-refractivity contribution in [2.24, 2.45) is 21.7 Å². The van der Waals surface area contributed by atoms with E-state index >= 15 is 0 Å². The Bertz CT molecular complexity index is 885. The molecule has 0 aromatic rings. The molecule has 1 rings (SSSR count). The van der Waals surface area contributed by atoms with Crippen molar-refractivity contribution in [3.8, 4) is 0 Å². The maximum Gasteiger partial charge on any atom is 0.311 e. The maximum atomic E-state index is 13.0. The van der Waals surface area contributed by atoms with E-state index in [-0.39, 0.29) is 0 Å². The van der Waals surface area contributed by atoms with E-state index < -0.39 is 82.8 Å². The summed E-state index contributed by atoms with van der Waals surface area (Å²) in [7, 11) is 0. The van der Waals surface area contributed by atoms with E-state index in [1.54, 1.807) is 83.1 Å². The van der Waals surface area contributed by atoms with Gasteiger partial charge in [0.15, 0.2) is 24.5 Å². The summed E-state index contributed by atoms with van der Waals surface area (Å²) in [4.78, 5) is 62.7. The lowest BCUT2D eigenvalue weighted by molar-refractivity contribution is -0.262. The van der Waals surface area contributed by atoms with Gasteiger partial charge in [0.05, 0.1) is 21.7 Å². The third kappa shape index (κ3) is 9.25. The van der Waals surface area contributed by atoms with Gasteiger partial charge in [-0.2, -0.15) is 0 Å². The quantitative estimate of drug-likeness (QED) is 0.290. The predicted molar refractivity (Wildman–Crippen MR) is 136 cm³/mol. The number of esters is 4. The topological polar surface area (TPSA) is 144 Å². The van der Waals surface area contributed by atoms with Crippen LogP contribution in [0.2, 0.25) is 0 Å². The van der Waals surface area contributed by atoms with Crippen molar-refractivity contribution in [2.45, 2.75) is 114 Å². The van der Waals surface area contributed by atoms with Crippen LogP contribution in [0.1, 0.15) is 83.1 Å². The molecule has 1 aliphatic rings. The molecule has 1 aliphatic heterocycles. The molecule has 1 fully saturated rings. The fourth-order valence-electron chi connectivity index (χ4n) is 2.90. The van der Waals surface area contributed by atoms with Crippen LogP contribution in [0.4, 0.5) is 0 Å². The van der Waals surface area contributed by atoms with Crippen LogP contribution in [-0.2, 0) is 47.7 Å². The second-order valence-corrected chi connectivity index (χ2v) is 13.5. The van der Waals surface area contributed by atoms with E-state index in [1.165, 1.54) is 6.41 Å². The molecule has 1 heterocycles. The summed E-state index contributed by atoms with van der Waals surface area (Å²) in [5.41, 5.74) is -3.76. The zero-order chi connectivity index (χ0) is 29.9. The fourth-order valence-corrected chi connectivity index (χ4v) is 2.90. The number of amides is 1. The largest absolute Gasteiger partial charge is 0.462 e. The van der Waals surface area contributed by atoms with Crippen LogP contribution in [-0.4, -0.2) is 67.5 Å². The van der Waals surface area contributed by atoms with E-state index in [1.807, 2.05) is 0 Å². The molecular weight excluding hydrogens is 498 g/mol. The van der Waals surface area contributed by atoms with Gasteiger partial charge in [-0.1, -0.05) is 0 Å². The summed E-state index contributed by atoms with van der Waals surface area (Å²) in [6.45, 7) is 19.2. The van der Waals surface area contributed by atoms with Gasteiger partial charge in [-0.25, -0.2) is 0 Å². The Hall–Kier alpha value is -2.69. The normalized spacial score (nSPS) is 24.6. The second kappa shape index (κ2) is 12.0. The molecule has 1 amide bonds. The molecule has 0 aliphatic carbocycles. The lowest BCUT2D eigenvalue weighted by Gasteiger charge is -2.45. The van der Waals surface area contributed by atoms with E-state index in [4.69, 9.17) is 23.7 Å². The van der Waals surface area contributed by atoms with E-state index in [2.05, 4.69) is 5.32 Å². The van der Waals surface area contributed by atoms with E-state index in [0.717, 1.165) is 0 Å². The van der Waals surface area contributed by atoms with Crippen LogP contribution in [0.5, 0.6) is 0 Å². The SMILES string of the molecule is CC(C)(C)C(=O)OC[C@H]1O[C@@H](N[C]=O)[C@H](OC(=O)C(C)(C)C)[C@@H](OC(=O)C(C)(C)C)[C@H]1OC(=O)C(C)(C)C. The molecule has 0 aromatic heterocycles. The second-order valence-electron chi connectivity index (χ2n) is 13.5. The van der Waals surface area contributed by atoms with Gasteiger partial charge in [-0.3, -0.25) is 24.0 Å². The van der Waals surface area contributed by atoms with Crippen molar-refractivity contribution in [1.82, 2.24) is 5.32 Å². The minimum Gasteiger partial charge on any atom is -0.462 e. The first kappa shape index (κ1) is 33.3. The highest BCUT2D eigenvalue weighted by atomic mass is 16.7. The number of carbonyl (C=O) groups is 4. The first-order valence-corrected chi connectivity index (χ1v) is 12.6. The van der Waals surface area contributed by atoms with Crippen LogP contribution in [0.3, 0.4) is 0 Å². The Balaban J connectivity index is 3.64. The van der Waals surface area contributed by atoms with Gasteiger partial charge < -0.3 is 29.0 Å². The molecule has 217 valence electrons. The molecule has 0 unspecified atom stereocenters. The first-order chi connectivity index (χ1) is 17.0. The highest BCUT2D eigenvalue weighted by Gasteiger charge is 2.54. The van der Waals surface area contributed by atoms with Gasteiger partial charge >= 0.3 is 30.3 Å². The number of nitrogens with one attached hydrogen (secondary N) is 1. The highest BCUT2D eigenvalue weighted by molar-refractivity contribution is 5.78. The zero-order valence-electron chi connectivity index (χ0n) is 24.7. The molecule has 0 bridgehead atoms. The predicted octanol–water partition coefficient (Wildman–Crippen LogP) is 2.83. The van der Waals surface area contributed by atoms with E-state index in [0.29, 0.717) is 0 Å². The van der Waals surface area contributed by atoms with Crippen LogP contribution < -0.4 is 5.32 Å². The number of hydrogen-bond donors (Lipinski definition) is 1. The molecule has 0 saturated carbocycles. The molecule has 38 heavy (non-hydrogen) atoms. The third-order valence-corrected chi connectivity index (χ3v) is 5.39. The fraction of sp³-hybridized carbons (Fsp3) is 0.815. The minimum atomic E-state index is -1.42. The number of rotatable bonds is 7. The van der Waals surface area contributed by atoms with Crippen molar-refractivity contribution in [3.63, 3.8) is 0 Å². The standard InChI is InChI=1S/C27H44NO10/c1-24(2,3)20(30)34-13-15-16(36-21(31)25(4,5)6)17(37-22(32)26(7,8)9)18(19(35-15)28-14-29)38-23(33)27(10,11)12/h15-19H,13H2,1-12H3,(H,28,29)/t15-,16+,17+,18-,19-/m1/s1.